The minimum Gasteiger partial charge on any atom is -0.422 e. The van der Waals surface area contributed by atoms with Crippen LogP contribution < -0.4 is 5.63 Å². The average molecular weight is 221 g/mol. The fourth-order valence-corrected chi connectivity index (χ4v) is 1.95. The van der Waals surface area contributed by atoms with Gasteiger partial charge in [0.1, 0.15) is 5.58 Å². The second kappa shape index (κ2) is 3.46. The predicted octanol–water partition coefficient (Wildman–Crippen LogP) is 2.82. The van der Waals surface area contributed by atoms with Gasteiger partial charge in [0.15, 0.2) is 0 Å². The van der Waals surface area contributed by atoms with Crippen molar-refractivity contribution in [3.8, 4) is 6.07 Å². The second-order valence-corrected chi connectivity index (χ2v) is 3.76. The Labute approximate surface area is 96.5 Å². The van der Waals surface area contributed by atoms with Gasteiger partial charge in [0.05, 0.1) is 17.0 Å². The minimum absolute atomic E-state index is 0.372. The molecule has 80 valence electrons. The summed E-state index contributed by atoms with van der Waals surface area (Å²) in [6.45, 7) is 0. The van der Waals surface area contributed by atoms with Crippen molar-refractivity contribution < 1.29 is 4.42 Å². The molecule has 0 unspecified atom stereocenters. The maximum Gasteiger partial charge on any atom is 0.344 e. The largest absolute Gasteiger partial charge is 0.422 e. The number of fused-ring (bicyclic) bond motifs is 3. The van der Waals surface area contributed by atoms with E-state index in [1.807, 2.05) is 18.2 Å². The van der Waals surface area contributed by atoms with Crippen molar-refractivity contribution in [1.29, 1.82) is 5.26 Å². The highest BCUT2D eigenvalue weighted by molar-refractivity contribution is 6.04. The number of nitrogens with zero attached hydrogens (tertiary/aromatic N) is 1. The minimum atomic E-state index is -0.372. The molecule has 0 saturated carbocycles. The Bertz CT molecular complexity index is 825. The molecule has 0 bridgehead atoms. The highest BCUT2D eigenvalue weighted by Crippen LogP contribution is 2.23. The Kier molecular flexibility index (Phi) is 1.96. The van der Waals surface area contributed by atoms with Crippen LogP contribution >= 0.6 is 0 Å². The van der Waals surface area contributed by atoms with Crippen LogP contribution in [0.25, 0.3) is 21.7 Å². The molecule has 0 aliphatic carbocycles. The van der Waals surface area contributed by atoms with Crippen molar-refractivity contribution in [3.63, 3.8) is 0 Å². The summed E-state index contributed by atoms with van der Waals surface area (Å²) in [5.74, 6) is 0. The summed E-state index contributed by atoms with van der Waals surface area (Å²) in [6.07, 6.45) is 0. The molecule has 0 fully saturated rings. The third-order valence-electron chi connectivity index (χ3n) is 2.75. The maximum atomic E-state index is 11.7. The molecule has 0 amide bonds. The van der Waals surface area contributed by atoms with Gasteiger partial charge in [0, 0.05) is 5.39 Å². The van der Waals surface area contributed by atoms with Crippen molar-refractivity contribution in [2.75, 3.05) is 0 Å². The first kappa shape index (κ1) is 9.61. The van der Waals surface area contributed by atoms with Crippen molar-refractivity contribution >= 4 is 21.7 Å². The molecule has 3 nitrogen and oxygen atoms in total. The molecule has 0 atom stereocenters. The molecule has 2 aromatic carbocycles. The molecular weight excluding hydrogens is 214 g/mol. The molecule has 0 radical (unpaired) electrons. The van der Waals surface area contributed by atoms with E-state index in [1.54, 1.807) is 30.3 Å². The molecule has 0 saturated heterocycles. The van der Waals surface area contributed by atoms with E-state index in [9.17, 15) is 4.79 Å². The first-order valence-corrected chi connectivity index (χ1v) is 5.15. The average Bonchev–Trinajstić information content (AvgIpc) is 2.38. The van der Waals surface area contributed by atoms with Crippen molar-refractivity contribution in [2.24, 2.45) is 0 Å². The zero-order valence-electron chi connectivity index (χ0n) is 8.81. The lowest BCUT2D eigenvalue weighted by atomic mass is 10.1. The van der Waals surface area contributed by atoms with E-state index < -0.39 is 0 Å². The van der Waals surface area contributed by atoms with Crippen LogP contribution in [0, 0.1) is 11.3 Å². The highest BCUT2D eigenvalue weighted by atomic mass is 16.4. The fourth-order valence-electron chi connectivity index (χ4n) is 1.95. The van der Waals surface area contributed by atoms with Gasteiger partial charge in [-0.3, -0.25) is 0 Å². The van der Waals surface area contributed by atoms with Crippen LogP contribution in [0.1, 0.15) is 5.56 Å². The molecule has 3 aromatic rings. The molecule has 0 N–H and O–H groups in total. The molecule has 3 rings (SSSR count). The fraction of sp³-hybridized carbons (Fsp3) is 0. The third kappa shape index (κ3) is 1.39. The predicted molar refractivity (Wildman–Crippen MR) is 64.7 cm³/mol. The van der Waals surface area contributed by atoms with Gasteiger partial charge in [-0.25, -0.2) is 4.79 Å². The summed E-state index contributed by atoms with van der Waals surface area (Å²) in [7, 11) is 0. The molecular formula is C14H7NO2. The van der Waals surface area contributed by atoms with E-state index in [1.165, 1.54) is 0 Å². The Balaban J connectivity index is 2.58. The second-order valence-electron chi connectivity index (χ2n) is 3.76. The van der Waals surface area contributed by atoms with Crippen LogP contribution in [0.3, 0.4) is 0 Å². The lowest BCUT2D eigenvalue weighted by Crippen LogP contribution is -1.99. The lowest BCUT2D eigenvalue weighted by Gasteiger charge is -2.01. The van der Waals surface area contributed by atoms with Crippen LogP contribution in [0.2, 0.25) is 0 Å². The van der Waals surface area contributed by atoms with Gasteiger partial charge in [0.25, 0.3) is 0 Å². The summed E-state index contributed by atoms with van der Waals surface area (Å²) in [5, 5.41) is 11.1. The van der Waals surface area contributed by atoms with E-state index >= 15 is 0 Å². The SMILES string of the molecule is N#Cc1ccc2c(c1)oc(=O)c1ccccc12. The summed E-state index contributed by atoms with van der Waals surface area (Å²) >= 11 is 0. The first-order valence-electron chi connectivity index (χ1n) is 5.15. The smallest absolute Gasteiger partial charge is 0.344 e. The van der Waals surface area contributed by atoms with E-state index in [0.717, 1.165) is 10.8 Å². The van der Waals surface area contributed by atoms with Crippen LogP contribution in [-0.4, -0.2) is 0 Å². The Hall–Kier alpha value is -2.60. The molecule has 1 aromatic heterocycles. The van der Waals surface area contributed by atoms with Gasteiger partial charge in [-0.15, -0.1) is 0 Å². The van der Waals surface area contributed by atoms with E-state index in [2.05, 4.69) is 0 Å². The molecule has 0 spiro atoms. The van der Waals surface area contributed by atoms with Crippen molar-refractivity contribution in [2.45, 2.75) is 0 Å². The van der Waals surface area contributed by atoms with Crippen molar-refractivity contribution in [3.05, 3.63) is 58.4 Å². The monoisotopic (exact) mass is 221 g/mol. The molecule has 3 heteroatoms. The highest BCUT2D eigenvalue weighted by Gasteiger charge is 2.06. The van der Waals surface area contributed by atoms with E-state index in [-0.39, 0.29) is 5.63 Å². The van der Waals surface area contributed by atoms with Crippen LogP contribution in [-0.2, 0) is 0 Å². The normalized spacial score (nSPS) is 10.5. The Morgan fingerprint density at radius 3 is 2.53 bits per heavy atom. The molecule has 0 aliphatic rings. The number of nitriles is 1. The zero-order valence-corrected chi connectivity index (χ0v) is 8.81. The summed E-state index contributed by atoms with van der Waals surface area (Å²) in [6, 6.07) is 14.4. The molecule has 0 aliphatic heterocycles. The summed E-state index contributed by atoms with van der Waals surface area (Å²) < 4.78 is 5.21. The Morgan fingerprint density at radius 2 is 1.76 bits per heavy atom. The quantitative estimate of drug-likeness (QED) is 0.433. The van der Waals surface area contributed by atoms with Crippen LogP contribution in [0.15, 0.2) is 51.7 Å². The standard InChI is InChI=1S/C14H7NO2/c15-8-9-5-6-11-10-3-1-2-4-12(10)14(16)17-13(11)7-9/h1-7H. The summed E-state index contributed by atoms with van der Waals surface area (Å²) in [5.41, 5.74) is 0.562. The topological polar surface area (TPSA) is 54.0 Å². The first-order chi connectivity index (χ1) is 8.29. The van der Waals surface area contributed by atoms with Gasteiger partial charge in [-0.1, -0.05) is 18.2 Å². The van der Waals surface area contributed by atoms with Crippen LogP contribution in [0.5, 0.6) is 0 Å². The summed E-state index contributed by atoms with van der Waals surface area (Å²) in [4.78, 5) is 11.7. The van der Waals surface area contributed by atoms with E-state index in [0.29, 0.717) is 16.5 Å². The van der Waals surface area contributed by atoms with E-state index in [4.69, 9.17) is 9.68 Å². The van der Waals surface area contributed by atoms with Crippen LogP contribution in [0.4, 0.5) is 0 Å². The van der Waals surface area contributed by atoms with Gasteiger partial charge in [0.2, 0.25) is 0 Å². The molecule has 1 heterocycles. The number of hydrogen-bond acceptors (Lipinski definition) is 3. The van der Waals surface area contributed by atoms with Gasteiger partial charge >= 0.3 is 5.63 Å². The van der Waals surface area contributed by atoms with Gasteiger partial charge in [-0.05, 0) is 29.7 Å². The Morgan fingerprint density at radius 1 is 1.00 bits per heavy atom. The zero-order chi connectivity index (χ0) is 11.8. The van der Waals surface area contributed by atoms with Gasteiger partial charge < -0.3 is 4.42 Å². The number of rotatable bonds is 0. The number of hydrogen-bond donors (Lipinski definition) is 0. The third-order valence-corrected chi connectivity index (χ3v) is 2.75. The van der Waals surface area contributed by atoms with Crippen molar-refractivity contribution in [1.82, 2.24) is 0 Å². The van der Waals surface area contributed by atoms with Gasteiger partial charge in [-0.2, -0.15) is 5.26 Å². The molecule has 17 heavy (non-hydrogen) atoms. The lowest BCUT2D eigenvalue weighted by molar-refractivity contribution is 0.569. The maximum absolute atomic E-state index is 11.7. The number of benzene rings is 2.